The molecule has 1 aliphatic rings. The Bertz CT molecular complexity index is 1310. The molecule has 0 amide bonds. The van der Waals surface area contributed by atoms with E-state index in [1.807, 2.05) is 0 Å². The number of rotatable bonds is 8. The SMILES string of the molecule is CNCn1c(=O)n(-c2nnc(C(F)F)s2)c2cc(S(=O)(=O)NC3(CF)CC3)c(F)cc21. The van der Waals surface area contributed by atoms with Gasteiger partial charge in [-0.2, -0.15) is 0 Å². The van der Waals surface area contributed by atoms with Gasteiger partial charge < -0.3 is 5.32 Å². The van der Waals surface area contributed by atoms with E-state index in [1.165, 1.54) is 7.05 Å². The third-order valence-electron chi connectivity index (χ3n) is 4.86. The van der Waals surface area contributed by atoms with Gasteiger partial charge in [-0.05, 0) is 26.0 Å². The third kappa shape index (κ3) is 3.75. The van der Waals surface area contributed by atoms with Crippen molar-refractivity contribution >= 4 is 32.4 Å². The van der Waals surface area contributed by atoms with Crippen LogP contribution < -0.4 is 15.7 Å². The second kappa shape index (κ2) is 7.65. The molecule has 2 heterocycles. The van der Waals surface area contributed by atoms with Crippen molar-refractivity contribution < 1.29 is 26.0 Å². The fourth-order valence-corrected chi connectivity index (χ4v) is 5.34. The van der Waals surface area contributed by atoms with Gasteiger partial charge in [0.25, 0.3) is 6.43 Å². The predicted octanol–water partition coefficient (Wildman–Crippen LogP) is 1.68. The first-order valence-corrected chi connectivity index (χ1v) is 11.2. The van der Waals surface area contributed by atoms with Crippen molar-refractivity contribution in [3.63, 3.8) is 0 Å². The summed E-state index contributed by atoms with van der Waals surface area (Å²) in [5, 5.41) is 8.79. The van der Waals surface area contributed by atoms with Crippen LogP contribution in [-0.4, -0.2) is 47.0 Å². The van der Waals surface area contributed by atoms with Gasteiger partial charge in [-0.1, -0.05) is 11.3 Å². The molecule has 0 saturated heterocycles. The summed E-state index contributed by atoms with van der Waals surface area (Å²) >= 11 is 0.444. The topological polar surface area (TPSA) is 111 Å². The Hall–Kier alpha value is -2.36. The van der Waals surface area contributed by atoms with Gasteiger partial charge in [0.2, 0.25) is 15.2 Å². The zero-order valence-electron chi connectivity index (χ0n) is 15.9. The van der Waals surface area contributed by atoms with Crippen LogP contribution in [0.1, 0.15) is 24.3 Å². The van der Waals surface area contributed by atoms with E-state index in [-0.39, 0.29) is 35.7 Å². The molecule has 31 heavy (non-hydrogen) atoms. The molecule has 2 aromatic heterocycles. The molecule has 0 bridgehead atoms. The Kier molecular flexibility index (Phi) is 5.39. The fourth-order valence-electron chi connectivity index (χ4n) is 3.11. The highest BCUT2D eigenvalue weighted by Crippen LogP contribution is 2.38. The van der Waals surface area contributed by atoms with Gasteiger partial charge in [-0.25, -0.2) is 40.1 Å². The van der Waals surface area contributed by atoms with Crippen LogP contribution in [0.2, 0.25) is 0 Å². The number of nitrogens with zero attached hydrogens (tertiary/aromatic N) is 4. The largest absolute Gasteiger partial charge is 0.336 e. The minimum atomic E-state index is -4.47. The summed E-state index contributed by atoms with van der Waals surface area (Å²) < 4.78 is 83.5. The Morgan fingerprint density at radius 1 is 1.26 bits per heavy atom. The Balaban J connectivity index is 1.94. The normalized spacial score (nSPS) is 15.8. The van der Waals surface area contributed by atoms with E-state index >= 15 is 0 Å². The van der Waals surface area contributed by atoms with Gasteiger partial charge in [-0.15, -0.1) is 10.2 Å². The van der Waals surface area contributed by atoms with Crippen LogP contribution in [0, 0.1) is 5.82 Å². The molecule has 0 unspecified atom stereocenters. The van der Waals surface area contributed by atoms with Gasteiger partial charge >= 0.3 is 5.69 Å². The lowest BCUT2D eigenvalue weighted by atomic mass is 10.3. The van der Waals surface area contributed by atoms with E-state index in [0.717, 1.165) is 21.3 Å². The molecule has 1 aliphatic carbocycles. The Morgan fingerprint density at radius 3 is 2.52 bits per heavy atom. The lowest BCUT2D eigenvalue weighted by Crippen LogP contribution is -2.38. The predicted molar refractivity (Wildman–Crippen MR) is 103 cm³/mol. The minimum Gasteiger partial charge on any atom is -0.303 e. The average molecular weight is 480 g/mol. The van der Waals surface area contributed by atoms with Crippen molar-refractivity contribution in [3.8, 4) is 5.13 Å². The van der Waals surface area contributed by atoms with Crippen molar-refractivity contribution in [3.05, 3.63) is 33.4 Å². The van der Waals surface area contributed by atoms with Crippen LogP contribution in [0.3, 0.4) is 0 Å². The van der Waals surface area contributed by atoms with E-state index in [1.54, 1.807) is 0 Å². The fraction of sp³-hybridized carbons (Fsp3) is 0.438. The van der Waals surface area contributed by atoms with Crippen molar-refractivity contribution in [2.45, 2.75) is 36.4 Å². The molecule has 0 aliphatic heterocycles. The number of fused-ring (bicyclic) bond motifs is 1. The summed E-state index contributed by atoms with van der Waals surface area (Å²) in [7, 11) is -2.94. The Labute approximate surface area is 176 Å². The minimum absolute atomic E-state index is 0.0104. The number of halogens is 4. The third-order valence-corrected chi connectivity index (χ3v) is 7.37. The zero-order valence-corrected chi connectivity index (χ0v) is 17.5. The van der Waals surface area contributed by atoms with Gasteiger partial charge in [0, 0.05) is 6.07 Å². The van der Waals surface area contributed by atoms with Gasteiger partial charge in [0.15, 0.2) is 5.01 Å². The molecule has 168 valence electrons. The second-order valence-electron chi connectivity index (χ2n) is 7.07. The summed E-state index contributed by atoms with van der Waals surface area (Å²) in [5.74, 6) is -1.15. The van der Waals surface area contributed by atoms with E-state index in [0.29, 0.717) is 11.3 Å². The van der Waals surface area contributed by atoms with E-state index < -0.39 is 50.1 Å². The number of alkyl halides is 3. The van der Waals surface area contributed by atoms with Crippen molar-refractivity contribution in [1.82, 2.24) is 29.4 Å². The van der Waals surface area contributed by atoms with E-state index in [4.69, 9.17) is 0 Å². The molecule has 4 rings (SSSR count). The number of imidazole rings is 1. The number of aromatic nitrogens is 4. The van der Waals surface area contributed by atoms with Crippen LogP contribution in [0.15, 0.2) is 21.8 Å². The summed E-state index contributed by atoms with van der Waals surface area (Å²) in [5.41, 5.74) is -2.09. The number of sulfonamides is 1. The molecule has 0 spiro atoms. The van der Waals surface area contributed by atoms with Crippen LogP contribution >= 0.6 is 11.3 Å². The van der Waals surface area contributed by atoms with Gasteiger partial charge in [0.1, 0.15) is 17.4 Å². The highest BCUT2D eigenvalue weighted by molar-refractivity contribution is 7.89. The second-order valence-corrected chi connectivity index (χ2v) is 9.71. The smallest absolute Gasteiger partial charge is 0.303 e. The maximum atomic E-state index is 14.8. The molecule has 3 aromatic rings. The lowest BCUT2D eigenvalue weighted by molar-refractivity contribution is 0.150. The van der Waals surface area contributed by atoms with Crippen LogP contribution in [0.4, 0.5) is 17.6 Å². The summed E-state index contributed by atoms with van der Waals surface area (Å²) in [6.45, 7) is -1.02. The van der Waals surface area contributed by atoms with Gasteiger partial charge in [-0.3, -0.25) is 4.57 Å². The lowest BCUT2D eigenvalue weighted by Gasteiger charge is -2.14. The monoisotopic (exact) mass is 480 g/mol. The first-order valence-electron chi connectivity index (χ1n) is 8.94. The maximum absolute atomic E-state index is 14.8. The standard InChI is InChI=1S/C16H16F4N6O3S2/c1-21-7-25-9-4-8(18)11(31(28,29)24-16(6-17)2-3-16)5-10(9)26(15(25)27)14-23-22-13(30-14)12(19)20/h4-5,12,21,24H,2-3,6-7H2,1H3. The highest BCUT2D eigenvalue weighted by atomic mass is 32.2. The van der Waals surface area contributed by atoms with Crippen LogP contribution in [-0.2, 0) is 16.7 Å². The molecule has 2 N–H and O–H groups in total. The summed E-state index contributed by atoms with van der Waals surface area (Å²) in [6, 6.07) is 1.75. The summed E-state index contributed by atoms with van der Waals surface area (Å²) in [6.07, 6.45) is -2.37. The molecule has 1 fully saturated rings. The molecular formula is C16H16F4N6O3S2. The number of nitrogens with one attached hydrogen (secondary N) is 2. The quantitative estimate of drug-likeness (QED) is 0.475. The molecular weight excluding hydrogens is 464 g/mol. The first-order chi connectivity index (χ1) is 14.6. The van der Waals surface area contributed by atoms with E-state index in [2.05, 4.69) is 20.2 Å². The van der Waals surface area contributed by atoms with Crippen molar-refractivity contribution in [1.29, 1.82) is 0 Å². The van der Waals surface area contributed by atoms with Crippen LogP contribution in [0.5, 0.6) is 0 Å². The zero-order chi connectivity index (χ0) is 22.6. The number of benzene rings is 1. The Morgan fingerprint density at radius 2 is 1.97 bits per heavy atom. The molecule has 15 heteroatoms. The molecule has 1 saturated carbocycles. The first kappa shape index (κ1) is 21.9. The van der Waals surface area contributed by atoms with Crippen molar-refractivity contribution in [2.75, 3.05) is 13.7 Å². The molecule has 9 nitrogen and oxygen atoms in total. The molecule has 0 radical (unpaired) electrons. The van der Waals surface area contributed by atoms with Crippen LogP contribution in [0.25, 0.3) is 16.2 Å². The average Bonchev–Trinajstić information content (AvgIpc) is 3.19. The van der Waals surface area contributed by atoms with E-state index in [9.17, 15) is 30.8 Å². The molecule has 1 aromatic carbocycles. The van der Waals surface area contributed by atoms with Gasteiger partial charge in [0.05, 0.1) is 23.2 Å². The molecule has 0 atom stereocenters. The highest BCUT2D eigenvalue weighted by Gasteiger charge is 2.47. The number of hydrogen-bond donors (Lipinski definition) is 2. The summed E-state index contributed by atoms with van der Waals surface area (Å²) in [4.78, 5) is 12.1. The maximum Gasteiger partial charge on any atom is 0.336 e. The number of hydrogen-bond acceptors (Lipinski definition) is 7. The van der Waals surface area contributed by atoms with Crippen molar-refractivity contribution in [2.24, 2.45) is 0 Å².